The molecule has 0 saturated carbocycles. The van der Waals surface area contributed by atoms with Gasteiger partial charge in [0.1, 0.15) is 0 Å². The summed E-state index contributed by atoms with van der Waals surface area (Å²) in [6, 6.07) is 0. The zero-order valence-electron chi connectivity index (χ0n) is 10.6. The lowest BCUT2D eigenvalue weighted by atomic mass is 9.46. The van der Waals surface area contributed by atoms with E-state index in [-0.39, 0.29) is 5.31 Å². The molecule has 0 amide bonds. The Morgan fingerprint density at radius 3 is 2.14 bits per heavy atom. The summed E-state index contributed by atoms with van der Waals surface area (Å²) in [7, 11) is 0. The second-order valence-electron chi connectivity index (χ2n) is 5.29. The number of hydrogen-bond donors (Lipinski definition) is 0. The molecule has 0 aromatic heterocycles. The van der Waals surface area contributed by atoms with E-state index in [0.717, 1.165) is 0 Å². The van der Waals surface area contributed by atoms with Crippen molar-refractivity contribution in [1.82, 2.24) is 0 Å². The molecule has 0 aromatic rings. The number of unbranched alkanes of at least 4 members (excludes halogenated alkanes) is 3. The third kappa shape index (κ3) is 4.73. The van der Waals surface area contributed by atoms with Crippen LogP contribution < -0.4 is 0 Å². The molecule has 84 valence electrons. The number of halogens is 1. The third-order valence-corrected chi connectivity index (χ3v) is 4.39. The highest BCUT2D eigenvalue weighted by Crippen LogP contribution is 2.41. The largest absolute Gasteiger partial charge is 0.256 e. The van der Waals surface area contributed by atoms with E-state index in [1.807, 2.05) is 0 Å². The van der Waals surface area contributed by atoms with Crippen LogP contribution in [0.1, 0.15) is 60.3 Å². The van der Waals surface area contributed by atoms with Crippen LogP contribution in [0.5, 0.6) is 0 Å². The molecule has 14 heavy (non-hydrogen) atoms. The predicted octanol–water partition coefficient (Wildman–Crippen LogP) is 5.23. The molecule has 2 heteroatoms. The van der Waals surface area contributed by atoms with Crippen molar-refractivity contribution in [3.63, 3.8) is 0 Å². The van der Waals surface area contributed by atoms with Gasteiger partial charge in [0.15, 0.2) is 0 Å². The van der Waals surface area contributed by atoms with Gasteiger partial charge in [0.2, 0.25) is 0 Å². The average molecular weight is 217 g/mol. The Labute approximate surface area is 95.8 Å². The van der Waals surface area contributed by atoms with Crippen LogP contribution >= 0.6 is 11.5 Å². The fraction of sp³-hybridized carbons (Fsp3) is 1.00. The second-order valence-corrected chi connectivity index (χ2v) is 5.82. The normalized spacial score (nSPS) is 12.2. The lowest BCUT2D eigenvalue weighted by Crippen LogP contribution is -2.27. The average Bonchev–Trinajstić information content (AvgIpc) is 2.11. The summed E-state index contributed by atoms with van der Waals surface area (Å²) in [5, 5.41) is 0.272. The minimum atomic E-state index is 0.272. The van der Waals surface area contributed by atoms with E-state index in [0.29, 0.717) is 12.0 Å². The van der Waals surface area contributed by atoms with Gasteiger partial charge in [0, 0.05) is 0 Å². The molecule has 0 saturated heterocycles. The first kappa shape index (κ1) is 14.4. The van der Waals surface area contributed by atoms with Crippen LogP contribution in [0, 0.1) is 5.92 Å². The Balaban J connectivity index is 3.77. The Hall–Kier alpha value is 0.355. The zero-order valence-corrected chi connectivity index (χ0v) is 11.3. The van der Waals surface area contributed by atoms with Gasteiger partial charge in [-0.25, -0.2) is 0 Å². The fourth-order valence-electron chi connectivity index (χ4n) is 1.48. The highest BCUT2D eigenvalue weighted by atomic mass is 35.5. The van der Waals surface area contributed by atoms with E-state index >= 15 is 0 Å². The minimum Gasteiger partial charge on any atom is -0.195 e. The summed E-state index contributed by atoms with van der Waals surface area (Å²) in [6.07, 6.45) is 6.80. The molecule has 0 aliphatic carbocycles. The van der Waals surface area contributed by atoms with Crippen molar-refractivity contribution in [1.29, 1.82) is 0 Å². The molecule has 0 atom stereocenters. The lowest BCUT2D eigenvalue weighted by molar-refractivity contribution is 0.468. The van der Waals surface area contributed by atoms with Gasteiger partial charge in [-0.3, -0.25) is 0 Å². The second kappa shape index (κ2) is 6.77. The van der Waals surface area contributed by atoms with Gasteiger partial charge in [0.25, 0.3) is 6.13 Å². The van der Waals surface area contributed by atoms with Crippen LogP contribution in [0.4, 0.5) is 0 Å². The van der Waals surface area contributed by atoms with E-state index < -0.39 is 0 Å². The van der Waals surface area contributed by atoms with Crippen LogP contribution in [0.3, 0.4) is 0 Å². The number of rotatable bonds is 7. The summed E-state index contributed by atoms with van der Waals surface area (Å²) in [5.41, 5.74) is 0. The predicted molar refractivity (Wildman–Crippen MR) is 69.4 cm³/mol. The third-order valence-electron chi connectivity index (χ3n) is 3.61. The van der Waals surface area contributed by atoms with Crippen molar-refractivity contribution in [2.75, 3.05) is 0 Å². The molecule has 0 bridgehead atoms. The van der Waals surface area contributed by atoms with Crippen LogP contribution in [-0.4, -0.2) is 6.13 Å². The summed E-state index contributed by atoms with van der Waals surface area (Å²) in [6.45, 7) is 11.4. The van der Waals surface area contributed by atoms with E-state index in [1.165, 1.54) is 32.0 Å². The van der Waals surface area contributed by atoms with Gasteiger partial charge in [-0.1, -0.05) is 66.6 Å². The Bertz CT molecular complexity index is 143. The van der Waals surface area contributed by atoms with Gasteiger partial charge < -0.3 is 0 Å². The van der Waals surface area contributed by atoms with Gasteiger partial charge in [-0.2, -0.15) is 11.5 Å². The smallest absolute Gasteiger partial charge is 0.195 e. The van der Waals surface area contributed by atoms with Crippen molar-refractivity contribution in [2.45, 2.75) is 71.9 Å². The Kier molecular flexibility index (Phi) is 6.94. The summed E-state index contributed by atoms with van der Waals surface area (Å²) >= 11 is 6.45. The standard InChI is InChI=1S/C12H26BCl/c1-6-7-8-9-10-13(14)12(4,5)11(2)3/h11H,6-10H2,1-5H3. The molecule has 0 radical (unpaired) electrons. The van der Waals surface area contributed by atoms with Crippen molar-refractivity contribution < 1.29 is 0 Å². The highest BCUT2D eigenvalue weighted by Gasteiger charge is 2.33. The van der Waals surface area contributed by atoms with Crippen LogP contribution in [0.15, 0.2) is 0 Å². The van der Waals surface area contributed by atoms with Gasteiger partial charge >= 0.3 is 0 Å². The topological polar surface area (TPSA) is 0 Å². The molecule has 0 unspecified atom stereocenters. The molecule has 0 spiro atoms. The molecule has 0 aliphatic heterocycles. The first-order valence-electron chi connectivity index (χ1n) is 6.07. The Morgan fingerprint density at radius 2 is 1.71 bits per heavy atom. The molecule has 0 nitrogen and oxygen atoms in total. The van der Waals surface area contributed by atoms with Gasteiger partial charge in [-0.05, 0) is 11.2 Å². The van der Waals surface area contributed by atoms with E-state index in [2.05, 4.69) is 34.6 Å². The van der Waals surface area contributed by atoms with Crippen LogP contribution in [-0.2, 0) is 0 Å². The Morgan fingerprint density at radius 1 is 1.14 bits per heavy atom. The molecular formula is C12H26BCl. The molecular weight excluding hydrogens is 190 g/mol. The molecule has 0 rings (SSSR count). The maximum Gasteiger partial charge on any atom is 0.256 e. The van der Waals surface area contributed by atoms with Gasteiger partial charge in [0.05, 0.1) is 0 Å². The van der Waals surface area contributed by atoms with E-state index in [1.54, 1.807) is 0 Å². The quantitative estimate of drug-likeness (QED) is 0.404. The summed E-state index contributed by atoms with van der Waals surface area (Å²) in [5.74, 6) is 0.663. The molecule has 0 aromatic carbocycles. The van der Waals surface area contributed by atoms with Crippen LogP contribution in [0.25, 0.3) is 0 Å². The maximum absolute atomic E-state index is 6.45. The van der Waals surface area contributed by atoms with Crippen molar-refractivity contribution in [3.05, 3.63) is 0 Å². The van der Waals surface area contributed by atoms with Crippen molar-refractivity contribution in [2.24, 2.45) is 5.92 Å². The number of hydrogen-bond acceptors (Lipinski definition) is 0. The maximum atomic E-state index is 6.45. The van der Waals surface area contributed by atoms with E-state index in [9.17, 15) is 0 Å². The molecule has 0 heterocycles. The monoisotopic (exact) mass is 216 g/mol. The van der Waals surface area contributed by atoms with Gasteiger partial charge in [-0.15, -0.1) is 0 Å². The summed E-state index contributed by atoms with van der Waals surface area (Å²) in [4.78, 5) is 0. The fourth-order valence-corrected chi connectivity index (χ4v) is 1.89. The molecule has 0 fully saturated rings. The first-order chi connectivity index (χ1) is 6.42. The minimum absolute atomic E-state index is 0.272. The van der Waals surface area contributed by atoms with Crippen molar-refractivity contribution >= 4 is 17.6 Å². The lowest BCUT2D eigenvalue weighted by Gasteiger charge is -2.32. The molecule has 0 N–H and O–H groups in total. The first-order valence-corrected chi connectivity index (χ1v) is 6.50. The zero-order chi connectivity index (χ0) is 11.2. The highest BCUT2D eigenvalue weighted by molar-refractivity contribution is 7.08. The summed E-state index contributed by atoms with van der Waals surface area (Å²) < 4.78 is 0. The SMILES string of the molecule is CCCCCCB(Cl)C(C)(C)C(C)C. The van der Waals surface area contributed by atoms with Crippen molar-refractivity contribution in [3.8, 4) is 0 Å². The van der Waals surface area contributed by atoms with E-state index in [4.69, 9.17) is 11.5 Å². The van der Waals surface area contributed by atoms with Crippen LogP contribution in [0.2, 0.25) is 11.6 Å². The molecule has 0 aliphatic rings.